The lowest BCUT2D eigenvalue weighted by Gasteiger charge is -2.02. The first-order valence-electron chi connectivity index (χ1n) is 6.54. The van der Waals surface area contributed by atoms with Gasteiger partial charge in [-0.1, -0.05) is 6.92 Å². The van der Waals surface area contributed by atoms with Crippen molar-refractivity contribution in [3.05, 3.63) is 39.0 Å². The molecule has 108 valence electrons. The third-order valence-corrected chi connectivity index (χ3v) is 5.45. The molecule has 7 heteroatoms. The Morgan fingerprint density at radius 1 is 1.29 bits per heavy atom. The summed E-state index contributed by atoms with van der Waals surface area (Å²) >= 11 is 2.98. The number of fused-ring (bicyclic) bond motifs is 1. The van der Waals surface area contributed by atoms with Gasteiger partial charge in [0, 0.05) is 15.1 Å². The maximum atomic E-state index is 12.3. The number of aromatic nitrogens is 2. The molecule has 0 aliphatic rings. The van der Waals surface area contributed by atoms with Crippen LogP contribution in [0.5, 0.6) is 0 Å². The van der Waals surface area contributed by atoms with Crippen LogP contribution in [0.25, 0.3) is 10.2 Å². The molecule has 0 fully saturated rings. The molecule has 0 bridgehead atoms. The number of carbonyl (C=O) groups is 1. The van der Waals surface area contributed by atoms with Crippen LogP contribution in [-0.2, 0) is 13.0 Å². The number of amides is 1. The Morgan fingerprint density at radius 3 is 2.81 bits per heavy atom. The minimum absolute atomic E-state index is 0.165. The van der Waals surface area contributed by atoms with Crippen molar-refractivity contribution in [2.45, 2.75) is 19.9 Å². The van der Waals surface area contributed by atoms with Crippen LogP contribution in [0.3, 0.4) is 0 Å². The molecular formula is C14H14N4OS2. The van der Waals surface area contributed by atoms with E-state index in [9.17, 15) is 4.79 Å². The third kappa shape index (κ3) is 2.74. The lowest BCUT2D eigenvalue weighted by atomic mass is 10.3. The minimum atomic E-state index is -0.165. The number of hydrogen-bond donors (Lipinski definition) is 2. The molecule has 0 saturated heterocycles. The van der Waals surface area contributed by atoms with Gasteiger partial charge >= 0.3 is 0 Å². The fourth-order valence-corrected chi connectivity index (χ4v) is 3.85. The van der Waals surface area contributed by atoms with Crippen LogP contribution < -0.4 is 11.1 Å². The molecule has 0 unspecified atom stereocenters. The van der Waals surface area contributed by atoms with Crippen LogP contribution in [0.1, 0.15) is 26.3 Å². The summed E-state index contributed by atoms with van der Waals surface area (Å²) in [6.07, 6.45) is 2.59. The zero-order valence-corrected chi connectivity index (χ0v) is 13.1. The van der Waals surface area contributed by atoms with Crippen molar-refractivity contribution in [3.63, 3.8) is 0 Å². The lowest BCUT2D eigenvalue weighted by Crippen LogP contribution is -2.22. The third-order valence-electron chi connectivity index (χ3n) is 3.12. The number of anilines is 1. The van der Waals surface area contributed by atoms with Crippen molar-refractivity contribution in [3.8, 4) is 0 Å². The highest BCUT2D eigenvalue weighted by molar-refractivity contribution is 7.21. The van der Waals surface area contributed by atoms with Crippen molar-refractivity contribution in [2.24, 2.45) is 0 Å². The highest BCUT2D eigenvalue weighted by atomic mass is 32.1. The van der Waals surface area contributed by atoms with E-state index in [4.69, 9.17) is 5.73 Å². The highest BCUT2D eigenvalue weighted by Gasteiger charge is 2.17. The Morgan fingerprint density at radius 2 is 2.10 bits per heavy atom. The van der Waals surface area contributed by atoms with Crippen molar-refractivity contribution >= 4 is 44.5 Å². The van der Waals surface area contributed by atoms with Gasteiger partial charge in [0.1, 0.15) is 9.71 Å². The van der Waals surface area contributed by atoms with E-state index in [0.717, 1.165) is 16.7 Å². The first kappa shape index (κ1) is 14.0. The molecule has 5 nitrogen and oxygen atoms in total. The maximum Gasteiger partial charge on any atom is 0.263 e. The molecule has 3 aromatic rings. The van der Waals surface area contributed by atoms with Crippen LogP contribution in [-0.4, -0.2) is 16.1 Å². The van der Waals surface area contributed by atoms with E-state index >= 15 is 0 Å². The molecule has 0 aliphatic carbocycles. The molecule has 0 spiro atoms. The summed E-state index contributed by atoms with van der Waals surface area (Å²) in [5, 5.41) is 11.5. The molecule has 3 aromatic heterocycles. The summed E-state index contributed by atoms with van der Waals surface area (Å²) in [7, 11) is 0. The lowest BCUT2D eigenvalue weighted by molar-refractivity contribution is 0.0956. The van der Waals surface area contributed by atoms with E-state index in [0.29, 0.717) is 21.9 Å². The smallest absolute Gasteiger partial charge is 0.263 e. The van der Waals surface area contributed by atoms with Crippen molar-refractivity contribution in [1.82, 2.24) is 15.5 Å². The first-order chi connectivity index (χ1) is 10.2. The summed E-state index contributed by atoms with van der Waals surface area (Å²) in [6.45, 7) is 2.63. The number of nitrogens with two attached hydrogens (primary N) is 1. The second kappa shape index (κ2) is 5.79. The molecule has 1 amide bonds. The van der Waals surface area contributed by atoms with Gasteiger partial charge in [-0.3, -0.25) is 4.79 Å². The Balaban J connectivity index is 1.76. The molecule has 0 radical (unpaired) electrons. The number of thiophene rings is 2. The van der Waals surface area contributed by atoms with Crippen molar-refractivity contribution in [1.29, 1.82) is 0 Å². The molecule has 21 heavy (non-hydrogen) atoms. The quantitative estimate of drug-likeness (QED) is 0.775. The minimum Gasteiger partial charge on any atom is -0.397 e. The number of carbonyl (C=O) groups excluding carboxylic acids is 1. The fraction of sp³-hybridized carbons (Fsp3) is 0.214. The first-order valence-corrected chi connectivity index (χ1v) is 8.17. The van der Waals surface area contributed by atoms with Crippen LogP contribution in [0.2, 0.25) is 0 Å². The van der Waals surface area contributed by atoms with Gasteiger partial charge in [-0.05, 0) is 24.6 Å². The largest absolute Gasteiger partial charge is 0.397 e. The normalized spacial score (nSPS) is 10.9. The summed E-state index contributed by atoms with van der Waals surface area (Å²) in [4.78, 5) is 15.9. The van der Waals surface area contributed by atoms with Gasteiger partial charge in [-0.15, -0.1) is 27.8 Å². The van der Waals surface area contributed by atoms with Gasteiger partial charge in [0.2, 0.25) is 0 Å². The number of nitrogens with one attached hydrogen (secondary N) is 1. The van der Waals surface area contributed by atoms with Gasteiger partial charge < -0.3 is 11.1 Å². The molecule has 0 aromatic carbocycles. The zero-order valence-electron chi connectivity index (χ0n) is 11.4. The molecule has 0 atom stereocenters. The fourth-order valence-electron chi connectivity index (χ4n) is 2.00. The predicted molar refractivity (Wildman–Crippen MR) is 86.7 cm³/mol. The van der Waals surface area contributed by atoms with Gasteiger partial charge in [0.15, 0.2) is 0 Å². The zero-order chi connectivity index (χ0) is 14.8. The van der Waals surface area contributed by atoms with Crippen molar-refractivity contribution in [2.75, 3.05) is 5.73 Å². The SMILES string of the molecule is CCc1ccc(CNC(=O)c2sc3nnccc3c2N)s1. The monoisotopic (exact) mass is 318 g/mol. The Bertz CT molecular complexity index is 793. The molecule has 0 saturated carbocycles. The molecule has 0 aliphatic heterocycles. The average molecular weight is 318 g/mol. The number of nitrogens with zero attached hydrogens (tertiary/aromatic N) is 2. The number of hydrogen-bond acceptors (Lipinski definition) is 6. The van der Waals surface area contributed by atoms with Crippen molar-refractivity contribution < 1.29 is 4.79 Å². The molecule has 3 rings (SSSR count). The number of rotatable bonds is 4. The molecule has 3 heterocycles. The van der Waals surface area contributed by atoms with E-state index in [1.165, 1.54) is 16.2 Å². The van der Waals surface area contributed by atoms with Gasteiger partial charge in [0.25, 0.3) is 5.91 Å². The van der Waals surface area contributed by atoms with Crippen LogP contribution in [0.15, 0.2) is 24.4 Å². The van der Waals surface area contributed by atoms with E-state index < -0.39 is 0 Å². The summed E-state index contributed by atoms with van der Waals surface area (Å²) in [6, 6.07) is 5.91. The second-order valence-electron chi connectivity index (χ2n) is 4.50. The molecule has 3 N–H and O–H groups in total. The number of aryl methyl sites for hydroxylation is 1. The number of nitrogen functional groups attached to an aromatic ring is 1. The highest BCUT2D eigenvalue weighted by Crippen LogP contribution is 2.31. The Hall–Kier alpha value is -1.99. The predicted octanol–water partition coefficient (Wildman–Crippen LogP) is 2.83. The summed E-state index contributed by atoms with van der Waals surface area (Å²) in [5.41, 5.74) is 6.49. The van der Waals surface area contributed by atoms with E-state index in [1.807, 2.05) is 6.07 Å². The van der Waals surface area contributed by atoms with E-state index in [1.54, 1.807) is 23.6 Å². The Labute approximate surface area is 129 Å². The van der Waals surface area contributed by atoms with E-state index in [-0.39, 0.29) is 5.91 Å². The van der Waals surface area contributed by atoms with E-state index in [2.05, 4.69) is 28.5 Å². The maximum absolute atomic E-state index is 12.3. The standard InChI is InChI=1S/C14H14N4OS2/c1-2-8-3-4-9(20-8)7-16-13(19)12-11(15)10-5-6-17-18-14(10)21-12/h3-6H,2,7,15H2,1H3,(H,16,19). The van der Waals surface area contributed by atoms with Gasteiger partial charge in [0.05, 0.1) is 18.4 Å². The topological polar surface area (TPSA) is 80.9 Å². The Kier molecular flexibility index (Phi) is 3.85. The summed E-state index contributed by atoms with van der Waals surface area (Å²) < 4.78 is 0. The second-order valence-corrected chi connectivity index (χ2v) is 6.75. The molecular weight excluding hydrogens is 304 g/mol. The summed E-state index contributed by atoms with van der Waals surface area (Å²) in [5.74, 6) is -0.165. The van der Waals surface area contributed by atoms with Crippen LogP contribution >= 0.6 is 22.7 Å². The van der Waals surface area contributed by atoms with Crippen LogP contribution in [0, 0.1) is 0 Å². The van der Waals surface area contributed by atoms with Gasteiger partial charge in [-0.25, -0.2) is 0 Å². The van der Waals surface area contributed by atoms with Crippen LogP contribution in [0.4, 0.5) is 5.69 Å². The average Bonchev–Trinajstić information content (AvgIpc) is 3.10. The van der Waals surface area contributed by atoms with Gasteiger partial charge in [-0.2, -0.15) is 5.10 Å².